The third-order valence-corrected chi connectivity index (χ3v) is 3.40. The number of benzene rings is 2. The lowest BCUT2D eigenvalue weighted by Crippen LogP contribution is -2.37. The summed E-state index contributed by atoms with van der Waals surface area (Å²) in [5, 5.41) is 3.04. The fraction of sp³-hybridized carbons (Fsp3) is 0.188. The fourth-order valence-electron chi connectivity index (χ4n) is 2.29. The van der Waals surface area contributed by atoms with Gasteiger partial charge in [-0.3, -0.25) is 4.79 Å². The summed E-state index contributed by atoms with van der Waals surface area (Å²) in [6.45, 7) is 0.214. The van der Waals surface area contributed by atoms with Crippen molar-refractivity contribution in [3.8, 4) is 5.75 Å². The zero-order chi connectivity index (χ0) is 15.7. The molecule has 0 radical (unpaired) electrons. The Morgan fingerprint density at radius 3 is 2.68 bits per heavy atom. The van der Waals surface area contributed by atoms with Crippen LogP contribution >= 0.6 is 0 Å². The predicted molar refractivity (Wildman–Crippen MR) is 75.1 cm³/mol. The maximum absolute atomic E-state index is 12.7. The summed E-state index contributed by atoms with van der Waals surface area (Å²) in [6.07, 6.45) is -5.33. The van der Waals surface area contributed by atoms with Crippen molar-refractivity contribution in [3.05, 3.63) is 59.7 Å². The molecule has 0 aliphatic carbocycles. The Morgan fingerprint density at radius 1 is 1.14 bits per heavy atom. The summed E-state index contributed by atoms with van der Waals surface area (Å²) in [4.78, 5) is 12.4. The van der Waals surface area contributed by atoms with E-state index >= 15 is 0 Å². The van der Waals surface area contributed by atoms with Crippen molar-refractivity contribution >= 4 is 11.5 Å². The lowest BCUT2D eigenvalue weighted by Gasteiger charge is -2.26. The molecule has 1 heterocycles. The van der Waals surface area contributed by atoms with Crippen LogP contribution < -0.4 is 10.1 Å². The van der Waals surface area contributed by atoms with Gasteiger partial charge in [-0.15, -0.1) is 0 Å². The number of carbonyl (C=O) groups excluding carboxylic acids is 1. The molecule has 3 nitrogen and oxygen atoms in total. The van der Waals surface area contributed by atoms with E-state index in [4.69, 9.17) is 4.74 Å². The minimum atomic E-state index is -4.48. The van der Waals surface area contributed by atoms with Crippen molar-refractivity contribution < 1.29 is 22.7 Å². The van der Waals surface area contributed by atoms with Gasteiger partial charge in [-0.1, -0.05) is 24.3 Å². The highest BCUT2D eigenvalue weighted by molar-refractivity contribution is 6.00. The summed E-state index contributed by atoms with van der Waals surface area (Å²) in [5.41, 5.74) is -0.0980. The summed E-state index contributed by atoms with van der Waals surface area (Å²) in [5.74, 6) is 0.0344. The van der Waals surface area contributed by atoms with Gasteiger partial charge in [0, 0.05) is 5.56 Å². The van der Waals surface area contributed by atoms with Crippen LogP contribution in [-0.4, -0.2) is 18.4 Å². The Balaban J connectivity index is 1.84. The Kier molecular flexibility index (Phi) is 3.52. The monoisotopic (exact) mass is 307 g/mol. The van der Waals surface area contributed by atoms with Crippen LogP contribution in [0.2, 0.25) is 0 Å². The lowest BCUT2D eigenvalue weighted by molar-refractivity contribution is -0.137. The van der Waals surface area contributed by atoms with Crippen LogP contribution in [0.15, 0.2) is 48.5 Å². The normalized spacial score (nSPS) is 17.1. The molecule has 0 saturated carbocycles. The number of para-hydroxylation sites is 2. The number of Topliss-reactive ketones (excluding diaryl/α,β-unsaturated/α-hetero) is 1. The van der Waals surface area contributed by atoms with E-state index in [2.05, 4.69) is 5.32 Å². The van der Waals surface area contributed by atoms with E-state index in [0.717, 1.165) is 17.8 Å². The molecular formula is C16H12F3NO2. The molecule has 0 spiro atoms. The van der Waals surface area contributed by atoms with Crippen LogP contribution in [0.3, 0.4) is 0 Å². The van der Waals surface area contributed by atoms with Gasteiger partial charge in [0.1, 0.15) is 5.75 Å². The molecule has 0 fully saturated rings. The molecule has 3 rings (SSSR count). The highest BCUT2D eigenvalue weighted by Gasteiger charge is 2.32. The SMILES string of the molecule is O=C(c1cccc(C(F)(F)F)c1)C1CNc2ccccc2O1. The Bertz CT molecular complexity index is 713. The summed E-state index contributed by atoms with van der Waals surface area (Å²) < 4.78 is 43.7. The minimum Gasteiger partial charge on any atom is -0.478 e. The number of alkyl halides is 3. The number of nitrogens with one attached hydrogen (secondary N) is 1. The molecule has 0 aromatic heterocycles. The van der Waals surface area contributed by atoms with Gasteiger partial charge in [-0.05, 0) is 24.3 Å². The van der Waals surface area contributed by atoms with Crippen molar-refractivity contribution in [1.82, 2.24) is 0 Å². The van der Waals surface area contributed by atoms with E-state index < -0.39 is 23.6 Å². The Labute approximate surface area is 124 Å². The van der Waals surface area contributed by atoms with Gasteiger partial charge in [0.25, 0.3) is 0 Å². The molecule has 1 unspecified atom stereocenters. The molecule has 0 amide bonds. The van der Waals surface area contributed by atoms with Crippen LogP contribution in [0.5, 0.6) is 5.75 Å². The third kappa shape index (κ3) is 2.77. The number of halogens is 3. The molecule has 22 heavy (non-hydrogen) atoms. The molecular weight excluding hydrogens is 295 g/mol. The number of anilines is 1. The topological polar surface area (TPSA) is 38.3 Å². The number of ketones is 1. The quantitative estimate of drug-likeness (QED) is 0.859. The molecule has 2 aromatic rings. The van der Waals surface area contributed by atoms with Gasteiger partial charge in [-0.25, -0.2) is 0 Å². The molecule has 0 saturated heterocycles. The second-order valence-corrected chi connectivity index (χ2v) is 4.93. The van der Waals surface area contributed by atoms with Gasteiger partial charge in [0.15, 0.2) is 6.10 Å². The fourth-order valence-corrected chi connectivity index (χ4v) is 2.29. The van der Waals surface area contributed by atoms with Gasteiger partial charge in [-0.2, -0.15) is 13.2 Å². The van der Waals surface area contributed by atoms with Crippen molar-refractivity contribution in [3.63, 3.8) is 0 Å². The van der Waals surface area contributed by atoms with Crippen molar-refractivity contribution in [2.75, 3.05) is 11.9 Å². The molecule has 1 N–H and O–H groups in total. The van der Waals surface area contributed by atoms with Crippen LogP contribution in [0.1, 0.15) is 15.9 Å². The van der Waals surface area contributed by atoms with Gasteiger partial charge >= 0.3 is 6.18 Å². The number of ether oxygens (including phenoxy) is 1. The molecule has 114 valence electrons. The first-order chi connectivity index (χ1) is 10.4. The average molecular weight is 307 g/mol. The molecule has 0 bridgehead atoms. The first kappa shape index (κ1) is 14.4. The van der Waals surface area contributed by atoms with Gasteiger partial charge < -0.3 is 10.1 Å². The number of hydrogen-bond donors (Lipinski definition) is 1. The molecule has 6 heteroatoms. The number of rotatable bonds is 2. The Hall–Kier alpha value is -2.50. The van der Waals surface area contributed by atoms with E-state index in [9.17, 15) is 18.0 Å². The highest BCUT2D eigenvalue weighted by Crippen LogP contribution is 2.31. The first-order valence-electron chi connectivity index (χ1n) is 6.66. The van der Waals surface area contributed by atoms with Gasteiger partial charge in [0.05, 0.1) is 17.8 Å². The zero-order valence-electron chi connectivity index (χ0n) is 11.4. The molecule has 1 aliphatic heterocycles. The lowest BCUT2D eigenvalue weighted by atomic mass is 10.0. The Morgan fingerprint density at radius 2 is 1.91 bits per heavy atom. The van der Waals surface area contributed by atoms with Crippen molar-refractivity contribution in [1.29, 1.82) is 0 Å². The van der Waals surface area contributed by atoms with Crippen molar-refractivity contribution in [2.45, 2.75) is 12.3 Å². The highest BCUT2D eigenvalue weighted by atomic mass is 19.4. The largest absolute Gasteiger partial charge is 0.478 e. The van der Waals surface area contributed by atoms with E-state index in [1.165, 1.54) is 12.1 Å². The van der Waals surface area contributed by atoms with Crippen LogP contribution in [0, 0.1) is 0 Å². The van der Waals surface area contributed by atoms with E-state index in [0.29, 0.717) is 5.75 Å². The zero-order valence-corrected chi connectivity index (χ0v) is 11.4. The van der Waals surface area contributed by atoms with E-state index in [1.54, 1.807) is 18.2 Å². The van der Waals surface area contributed by atoms with Crippen LogP contribution in [0.4, 0.5) is 18.9 Å². The second-order valence-electron chi connectivity index (χ2n) is 4.93. The molecule has 1 atom stereocenters. The van der Waals surface area contributed by atoms with Crippen molar-refractivity contribution in [2.24, 2.45) is 0 Å². The van der Waals surface area contributed by atoms with Crippen LogP contribution in [0.25, 0.3) is 0 Å². The predicted octanol–water partition coefficient (Wildman–Crippen LogP) is 3.76. The molecule has 1 aliphatic rings. The summed E-state index contributed by atoms with van der Waals surface area (Å²) in [7, 11) is 0. The summed E-state index contributed by atoms with van der Waals surface area (Å²) >= 11 is 0. The van der Waals surface area contributed by atoms with Crippen LogP contribution in [-0.2, 0) is 6.18 Å². The summed E-state index contributed by atoms with van der Waals surface area (Å²) in [6, 6.07) is 11.5. The van der Waals surface area contributed by atoms with E-state index in [1.807, 2.05) is 6.07 Å². The third-order valence-electron chi connectivity index (χ3n) is 3.40. The smallest absolute Gasteiger partial charge is 0.416 e. The van der Waals surface area contributed by atoms with Gasteiger partial charge in [0.2, 0.25) is 5.78 Å². The first-order valence-corrected chi connectivity index (χ1v) is 6.66. The maximum Gasteiger partial charge on any atom is 0.416 e. The average Bonchev–Trinajstić information content (AvgIpc) is 2.53. The molecule has 2 aromatic carbocycles. The van der Waals surface area contributed by atoms with E-state index in [-0.39, 0.29) is 12.1 Å². The standard InChI is InChI=1S/C16H12F3NO2/c17-16(18,19)11-5-3-4-10(8-11)15(21)14-9-20-12-6-1-2-7-13(12)22-14/h1-8,14,20H,9H2. The maximum atomic E-state index is 12.7. The minimum absolute atomic E-state index is 0.0130. The number of hydrogen-bond acceptors (Lipinski definition) is 3. The number of carbonyl (C=O) groups is 1. The second kappa shape index (κ2) is 5.36. The number of fused-ring (bicyclic) bond motifs is 1.